The molecule has 3 heteroatoms. The van der Waals surface area contributed by atoms with E-state index < -0.39 is 0 Å². The minimum Gasteiger partial charge on any atom is -0.316 e. The van der Waals surface area contributed by atoms with Gasteiger partial charge in [0.2, 0.25) is 0 Å². The highest BCUT2D eigenvalue weighted by Gasteiger charge is 1.99. The van der Waals surface area contributed by atoms with Crippen LogP contribution in [0.5, 0.6) is 0 Å². The quantitative estimate of drug-likeness (QED) is 0.759. The lowest BCUT2D eigenvalue weighted by Crippen LogP contribution is -2.08. The zero-order chi connectivity index (χ0) is 9.84. The summed E-state index contributed by atoms with van der Waals surface area (Å²) in [6, 6.07) is 0. The number of aromatic nitrogens is 2. The molecule has 13 heavy (non-hydrogen) atoms. The van der Waals surface area contributed by atoms with Crippen molar-refractivity contribution in [2.24, 2.45) is 7.05 Å². The van der Waals surface area contributed by atoms with E-state index in [1.807, 2.05) is 31.9 Å². The first-order valence-corrected chi connectivity index (χ1v) is 4.45. The lowest BCUT2D eigenvalue weighted by atomic mass is 10.2. The van der Waals surface area contributed by atoms with Crippen LogP contribution in [0.3, 0.4) is 0 Å². The second-order valence-corrected chi connectivity index (χ2v) is 3.36. The summed E-state index contributed by atoms with van der Waals surface area (Å²) in [4.78, 5) is 0. The van der Waals surface area contributed by atoms with Gasteiger partial charge in [0.05, 0.1) is 5.69 Å². The van der Waals surface area contributed by atoms with Gasteiger partial charge in [0, 0.05) is 25.4 Å². The smallest absolute Gasteiger partial charge is 0.0665 e. The van der Waals surface area contributed by atoms with Crippen LogP contribution in [0, 0.1) is 6.92 Å². The topological polar surface area (TPSA) is 29.9 Å². The fourth-order valence-corrected chi connectivity index (χ4v) is 1.35. The first kappa shape index (κ1) is 9.99. The van der Waals surface area contributed by atoms with Gasteiger partial charge in [-0.15, -0.1) is 0 Å². The highest BCUT2D eigenvalue weighted by Crippen LogP contribution is 2.09. The molecule has 0 saturated carbocycles. The maximum absolute atomic E-state index is 4.28. The number of nitrogens with one attached hydrogen (secondary N) is 1. The summed E-state index contributed by atoms with van der Waals surface area (Å²) < 4.78 is 1.84. The third-order valence-corrected chi connectivity index (χ3v) is 1.91. The van der Waals surface area contributed by atoms with Crippen LogP contribution in [0.1, 0.15) is 18.2 Å². The zero-order valence-corrected chi connectivity index (χ0v) is 8.76. The van der Waals surface area contributed by atoms with Crippen molar-refractivity contribution < 1.29 is 0 Å². The Balaban J connectivity index is 2.83. The molecule has 0 aliphatic rings. The van der Waals surface area contributed by atoms with Gasteiger partial charge in [-0.05, 0) is 20.9 Å². The molecule has 0 spiro atoms. The Hall–Kier alpha value is -1.09. The van der Waals surface area contributed by atoms with E-state index in [1.54, 1.807) is 0 Å². The number of aryl methyl sites for hydroxylation is 2. The third kappa shape index (κ3) is 2.70. The predicted octanol–water partition coefficient (Wildman–Crippen LogP) is 1.35. The van der Waals surface area contributed by atoms with Crippen LogP contribution < -0.4 is 5.32 Å². The van der Waals surface area contributed by atoms with Gasteiger partial charge in [-0.2, -0.15) is 5.10 Å². The number of rotatable bonds is 3. The van der Waals surface area contributed by atoms with E-state index in [0.29, 0.717) is 0 Å². The van der Waals surface area contributed by atoms with Crippen molar-refractivity contribution in [1.82, 2.24) is 15.1 Å². The van der Waals surface area contributed by atoms with E-state index in [1.165, 1.54) is 11.1 Å². The van der Waals surface area contributed by atoms with E-state index in [-0.39, 0.29) is 0 Å². The Morgan fingerprint density at radius 2 is 2.38 bits per heavy atom. The Bertz CT molecular complexity index is 310. The van der Waals surface area contributed by atoms with Gasteiger partial charge < -0.3 is 5.32 Å². The largest absolute Gasteiger partial charge is 0.316 e. The predicted molar refractivity (Wildman–Crippen MR) is 55.5 cm³/mol. The van der Waals surface area contributed by atoms with Crippen LogP contribution in [-0.2, 0) is 7.05 Å². The van der Waals surface area contributed by atoms with Gasteiger partial charge in [0.1, 0.15) is 0 Å². The lowest BCUT2D eigenvalue weighted by molar-refractivity contribution is 0.756. The molecular formula is C10H17N3. The molecular weight excluding hydrogens is 162 g/mol. The average molecular weight is 179 g/mol. The molecule has 1 aromatic rings. The Morgan fingerprint density at radius 3 is 2.85 bits per heavy atom. The standard InChI is InChI=1S/C10H17N3/c1-8(6-11-3)5-10-7-13(4)12-9(10)2/h5,7,11H,6H2,1-4H3/b8-5+. The van der Waals surface area contributed by atoms with Crippen LogP contribution in [-0.4, -0.2) is 23.4 Å². The van der Waals surface area contributed by atoms with Crippen LogP contribution in [0.2, 0.25) is 0 Å². The second kappa shape index (κ2) is 4.23. The van der Waals surface area contributed by atoms with Crippen molar-refractivity contribution in [1.29, 1.82) is 0 Å². The summed E-state index contributed by atoms with van der Waals surface area (Å²) in [6.07, 6.45) is 4.20. The maximum Gasteiger partial charge on any atom is 0.0665 e. The summed E-state index contributed by atoms with van der Waals surface area (Å²) in [5.41, 5.74) is 3.60. The molecule has 0 saturated heterocycles. The molecule has 0 aliphatic heterocycles. The average Bonchev–Trinajstić information content (AvgIpc) is 2.30. The monoisotopic (exact) mass is 179 g/mol. The van der Waals surface area contributed by atoms with Crippen molar-refractivity contribution in [2.45, 2.75) is 13.8 Å². The summed E-state index contributed by atoms with van der Waals surface area (Å²) in [5, 5.41) is 7.39. The van der Waals surface area contributed by atoms with Crippen molar-refractivity contribution in [2.75, 3.05) is 13.6 Å². The normalized spacial score (nSPS) is 12.2. The Labute approximate surface area is 79.5 Å². The van der Waals surface area contributed by atoms with Crippen molar-refractivity contribution in [3.05, 3.63) is 23.0 Å². The molecule has 0 aliphatic carbocycles. The van der Waals surface area contributed by atoms with Gasteiger partial charge in [-0.1, -0.05) is 11.6 Å². The number of nitrogens with zero attached hydrogens (tertiary/aromatic N) is 2. The van der Waals surface area contributed by atoms with Crippen LogP contribution in [0.15, 0.2) is 11.8 Å². The SMILES string of the molecule is CNC/C(C)=C/c1cn(C)nc1C. The van der Waals surface area contributed by atoms with Crippen LogP contribution in [0.25, 0.3) is 6.08 Å². The first-order valence-electron chi connectivity index (χ1n) is 4.45. The Morgan fingerprint density at radius 1 is 1.69 bits per heavy atom. The Kier molecular flexibility index (Phi) is 3.25. The van der Waals surface area contributed by atoms with Crippen molar-refractivity contribution in [3.63, 3.8) is 0 Å². The molecule has 0 fully saturated rings. The molecule has 0 amide bonds. The van der Waals surface area contributed by atoms with Gasteiger partial charge in [-0.3, -0.25) is 4.68 Å². The third-order valence-electron chi connectivity index (χ3n) is 1.91. The summed E-state index contributed by atoms with van der Waals surface area (Å²) >= 11 is 0. The zero-order valence-electron chi connectivity index (χ0n) is 8.76. The molecule has 0 atom stereocenters. The minimum absolute atomic E-state index is 0.925. The summed E-state index contributed by atoms with van der Waals surface area (Å²) in [6.45, 7) is 5.07. The number of hydrogen-bond acceptors (Lipinski definition) is 2. The highest BCUT2D eigenvalue weighted by molar-refractivity contribution is 5.53. The van der Waals surface area contributed by atoms with Gasteiger partial charge in [-0.25, -0.2) is 0 Å². The second-order valence-electron chi connectivity index (χ2n) is 3.36. The van der Waals surface area contributed by atoms with Crippen molar-refractivity contribution in [3.8, 4) is 0 Å². The molecule has 1 rings (SSSR count). The number of hydrogen-bond donors (Lipinski definition) is 1. The van der Waals surface area contributed by atoms with E-state index >= 15 is 0 Å². The first-order chi connectivity index (χ1) is 6.13. The molecule has 72 valence electrons. The minimum atomic E-state index is 0.925. The summed E-state index contributed by atoms with van der Waals surface area (Å²) in [7, 11) is 3.89. The van der Waals surface area contributed by atoms with Gasteiger partial charge >= 0.3 is 0 Å². The molecule has 1 heterocycles. The molecule has 0 unspecified atom stereocenters. The fourth-order valence-electron chi connectivity index (χ4n) is 1.35. The van der Waals surface area contributed by atoms with Gasteiger partial charge in [0.15, 0.2) is 0 Å². The highest BCUT2D eigenvalue weighted by atomic mass is 15.2. The van der Waals surface area contributed by atoms with Crippen LogP contribution in [0.4, 0.5) is 0 Å². The molecule has 3 nitrogen and oxygen atoms in total. The van der Waals surface area contributed by atoms with E-state index in [9.17, 15) is 0 Å². The molecule has 0 radical (unpaired) electrons. The molecule has 0 bridgehead atoms. The van der Waals surface area contributed by atoms with E-state index in [0.717, 1.165) is 12.2 Å². The van der Waals surface area contributed by atoms with E-state index in [2.05, 4.69) is 23.4 Å². The number of likely N-dealkylation sites (N-methyl/N-ethyl adjacent to an activating group) is 1. The fraction of sp³-hybridized carbons (Fsp3) is 0.500. The lowest BCUT2D eigenvalue weighted by Gasteiger charge is -1.97. The molecule has 1 aromatic heterocycles. The van der Waals surface area contributed by atoms with E-state index in [4.69, 9.17) is 0 Å². The van der Waals surface area contributed by atoms with Gasteiger partial charge in [0.25, 0.3) is 0 Å². The van der Waals surface area contributed by atoms with Crippen LogP contribution >= 0.6 is 0 Å². The molecule has 1 N–H and O–H groups in total. The summed E-state index contributed by atoms with van der Waals surface area (Å²) in [5.74, 6) is 0. The maximum atomic E-state index is 4.28. The molecule has 0 aromatic carbocycles. The van der Waals surface area contributed by atoms with Crippen molar-refractivity contribution >= 4 is 6.08 Å².